The van der Waals surface area contributed by atoms with E-state index in [2.05, 4.69) is 13.1 Å². The third-order valence-corrected chi connectivity index (χ3v) is 1.06. The maximum atomic E-state index is 4.72. The minimum absolute atomic E-state index is 0.233. The predicted octanol–water partition coefficient (Wildman–Crippen LogP) is 0.729. The van der Waals surface area contributed by atoms with Gasteiger partial charge in [0, 0.05) is 8.41 Å². The lowest BCUT2D eigenvalue weighted by molar-refractivity contribution is 0.431. The Hall–Kier alpha value is -0.113. The van der Waals surface area contributed by atoms with Crippen molar-refractivity contribution < 1.29 is 4.74 Å². The molecule has 0 aliphatic rings. The molecule has 1 nitrogen and oxygen atoms in total. The molecule has 0 aromatic heterocycles. The highest BCUT2D eigenvalue weighted by Crippen LogP contribution is 1.59. The van der Waals surface area contributed by atoms with Crippen LogP contribution in [0.3, 0.4) is 0 Å². The molecule has 0 aliphatic carbocycles. The Morgan fingerprint density at radius 3 is 2.00 bits per heavy atom. The van der Waals surface area contributed by atoms with Gasteiger partial charge in [-0.05, 0) is 0 Å². The third kappa shape index (κ3) is 3.89. The Balaban J connectivity index is 3.14. The second kappa shape index (κ2) is 3.09. The first kappa shape index (κ1) is 5.89. The van der Waals surface area contributed by atoms with Gasteiger partial charge in [-0.3, -0.25) is 0 Å². The van der Waals surface area contributed by atoms with Crippen LogP contribution in [0.2, 0.25) is 13.1 Å². The van der Waals surface area contributed by atoms with E-state index < -0.39 is 0 Å². The van der Waals surface area contributed by atoms with Crippen LogP contribution in [0.4, 0.5) is 0 Å². The molecule has 0 unspecified atom stereocenters. The van der Waals surface area contributed by atoms with Crippen LogP contribution >= 0.6 is 0 Å². The van der Waals surface area contributed by atoms with Gasteiger partial charge in [0.05, 0.1) is 13.0 Å². The van der Waals surface area contributed by atoms with Crippen molar-refractivity contribution in [2.24, 2.45) is 0 Å². The molecular formula is C4H10OSi. The molecule has 0 aliphatic heterocycles. The van der Waals surface area contributed by atoms with Crippen molar-refractivity contribution in [1.29, 1.82) is 0 Å². The van der Waals surface area contributed by atoms with E-state index in [-0.39, 0.29) is 8.41 Å². The van der Waals surface area contributed by atoms with Crippen LogP contribution in [0.5, 0.6) is 0 Å². The summed E-state index contributed by atoms with van der Waals surface area (Å²) in [5.74, 6) is 1.89. The fraction of sp³-hybridized carbons (Fsp3) is 0.750. The second-order valence-electron chi connectivity index (χ2n) is 1.43. The topological polar surface area (TPSA) is 9.23 Å². The highest BCUT2D eigenvalue weighted by Gasteiger charge is 1.69. The van der Waals surface area contributed by atoms with Gasteiger partial charge in [0.15, 0.2) is 0 Å². The van der Waals surface area contributed by atoms with E-state index in [1.807, 2.05) is 5.86 Å². The summed E-state index contributed by atoms with van der Waals surface area (Å²) in [4.78, 5) is 0. The minimum atomic E-state index is -0.233. The van der Waals surface area contributed by atoms with E-state index in [0.717, 1.165) is 0 Å². The lowest BCUT2D eigenvalue weighted by Crippen LogP contribution is -1.91. The summed E-state index contributed by atoms with van der Waals surface area (Å²) in [5, 5.41) is 0. The van der Waals surface area contributed by atoms with Gasteiger partial charge in [0.1, 0.15) is 0 Å². The molecule has 0 atom stereocenters. The average Bonchev–Trinajstić information content (AvgIpc) is 1.35. The Bertz CT molecular complexity index is 54.6. The van der Waals surface area contributed by atoms with Gasteiger partial charge in [0.2, 0.25) is 0 Å². The van der Waals surface area contributed by atoms with Crippen molar-refractivity contribution in [3.63, 3.8) is 0 Å². The van der Waals surface area contributed by atoms with Gasteiger partial charge >= 0.3 is 0 Å². The van der Waals surface area contributed by atoms with Crippen LogP contribution in [-0.4, -0.2) is 21.4 Å². The Morgan fingerprint density at radius 2 is 2.00 bits per heavy atom. The number of methoxy groups -OCH3 is 1. The van der Waals surface area contributed by atoms with Crippen molar-refractivity contribution in [3.05, 3.63) is 0 Å². The van der Waals surface area contributed by atoms with Crippen LogP contribution in [0.25, 0.3) is 0 Å². The van der Waals surface area contributed by atoms with Crippen LogP contribution in [-0.2, 0) is 4.74 Å². The Morgan fingerprint density at radius 1 is 1.50 bits per heavy atom. The molecule has 0 bridgehead atoms. The number of hydrogen-bond donors (Lipinski definition) is 0. The normalized spacial score (nSPS) is 7.17. The predicted molar refractivity (Wildman–Crippen MR) is 30.6 cm³/mol. The largest absolute Gasteiger partial charge is 0.510 e. The van der Waals surface area contributed by atoms with Gasteiger partial charge in [-0.2, -0.15) is 0 Å². The van der Waals surface area contributed by atoms with Crippen molar-refractivity contribution in [1.82, 2.24) is 0 Å². The quantitative estimate of drug-likeness (QED) is 0.443. The zero-order chi connectivity index (χ0) is 4.99. The number of rotatable bonds is 1. The molecule has 0 saturated carbocycles. The van der Waals surface area contributed by atoms with E-state index in [1.165, 1.54) is 0 Å². The summed E-state index contributed by atoms with van der Waals surface area (Å²) in [7, 11) is 1.46. The number of hydrogen-bond acceptors (Lipinski definition) is 1. The minimum Gasteiger partial charge on any atom is -0.510 e. The molecule has 0 saturated heterocycles. The fourth-order valence-corrected chi connectivity index (χ4v) is 0.707. The van der Waals surface area contributed by atoms with E-state index in [4.69, 9.17) is 4.74 Å². The first-order valence-electron chi connectivity index (χ1n) is 1.93. The van der Waals surface area contributed by atoms with E-state index in [9.17, 15) is 0 Å². The third-order valence-electron chi connectivity index (χ3n) is 0.354. The summed E-state index contributed by atoms with van der Waals surface area (Å²) in [6.45, 7) is 4.35. The summed E-state index contributed by atoms with van der Waals surface area (Å²) in [6.07, 6.45) is 0. The van der Waals surface area contributed by atoms with E-state index in [0.29, 0.717) is 0 Å². The highest BCUT2D eigenvalue weighted by atomic mass is 28.2. The van der Waals surface area contributed by atoms with Crippen molar-refractivity contribution in [3.8, 4) is 0 Å². The van der Waals surface area contributed by atoms with Crippen molar-refractivity contribution >= 4 is 14.3 Å². The van der Waals surface area contributed by atoms with Crippen molar-refractivity contribution in [2.75, 3.05) is 7.11 Å². The molecule has 0 spiro atoms. The van der Waals surface area contributed by atoms with Crippen LogP contribution in [0.1, 0.15) is 0 Å². The molecule has 36 valence electrons. The SMILES string of the molecule is COC=[Si](C)C. The van der Waals surface area contributed by atoms with Gasteiger partial charge in [-0.1, -0.05) is 13.1 Å². The van der Waals surface area contributed by atoms with Crippen LogP contribution in [0.15, 0.2) is 0 Å². The van der Waals surface area contributed by atoms with Gasteiger partial charge in [0.25, 0.3) is 0 Å². The molecule has 0 radical (unpaired) electrons. The molecule has 0 amide bonds. The zero-order valence-corrected chi connectivity index (χ0v) is 5.49. The smallest absolute Gasteiger partial charge is 0.0759 e. The van der Waals surface area contributed by atoms with Gasteiger partial charge in [-0.25, -0.2) is 0 Å². The molecule has 6 heavy (non-hydrogen) atoms. The average molecular weight is 102 g/mol. The molecular weight excluding hydrogens is 92.1 g/mol. The first-order chi connectivity index (χ1) is 2.77. The summed E-state index contributed by atoms with van der Waals surface area (Å²) >= 11 is 0. The lowest BCUT2D eigenvalue weighted by Gasteiger charge is -1.84. The molecule has 2 heteroatoms. The molecule has 0 heterocycles. The highest BCUT2D eigenvalue weighted by molar-refractivity contribution is 6.62. The molecule has 0 rings (SSSR count). The van der Waals surface area contributed by atoms with Crippen molar-refractivity contribution in [2.45, 2.75) is 13.1 Å². The van der Waals surface area contributed by atoms with Gasteiger partial charge < -0.3 is 4.74 Å². The van der Waals surface area contributed by atoms with Crippen LogP contribution in [0, 0.1) is 0 Å². The van der Waals surface area contributed by atoms with Crippen LogP contribution < -0.4 is 0 Å². The standard InChI is InChI=1S/C4H10OSi/c1-5-4-6(2)3/h4H,1-3H3. The molecule has 0 aromatic carbocycles. The molecule has 0 aromatic rings. The fourth-order valence-electron chi connectivity index (χ4n) is 0.236. The maximum Gasteiger partial charge on any atom is 0.0759 e. The lowest BCUT2D eigenvalue weighted by atomic mass is 11.5. The number of ether oxygens (including phenoxy) is 1. The maximum absolute atomic E-state index is 4.72. The van der Waals surface area contributed by atoms with Gasteiger partial charge in [-0.15, -0.1) is 0 Å². The Labute approximate surface area is 40.2 Å². The zero-order valence-electron chi connectivity index (χ0n) is 4.49. The first-order valence-corrected chi connectivity index (χ1v) is 4.51. The summed E-state index contributed by atoms with van der Waals surface area (Å²) < 4.78 is 4.72. The van der Waals surface area contributed by atoms with E-state index >= 15 is 0 Å². The van der Waals surface area contributed by atoms with E-state index in [1.54, 1.807) is 7.11 Å². The summed E-state index contributed by atoms with van der Waals surface area (Å²) in [6, 6.07) is 0. The molecule has 0 N–H and O–H groups in total. The monoisotopic (exact) mass is 102 g/mol. The molecule has 0 fully saturated rings. The summed E-state index contributed by atoms with van der Waals surface area (Å²) in [5.41, 5.74) is 0. The second-order valence-corrected chi connectivity index (χ2v) is 3.82. The Kier molecular flexibility index (Phi) is 3.03.